The Kier molecular flexibility index (Phi) is 9.25. The molecular weight excluding hydrogens is 186 g/mol. The maximum absolute atomic E-state index is 4.83. The first-order chi connectivity index (χ1) is 3.93. The fourth-order valence-electron chi connectivity index (χ4n) is 0.499. The number of hydrogen-bond acceptors (Lipinski definition) is 1. The number of hydrogen-bond donors (Lipinski definition) is 0. The van der Waals surface area contributed by atoms with Gasteiger partial charge in [0.05, 0.1) is 5.75 Å². The SMILES string of the molecule is Cl.Cl.[Al][O]c1ccccc1. The van der Waals surface area contributed by atoms with Crippen LogP contribution in [0, 0.1) is 0 Å². The number of benzene rings is 1. The summed E-state index contributed by atoms with van der Waals surface area (Å²) in [4.78, 5) is 0. The van der Waals surface area contributed by atoms with Crippen LogP contribution in [-0.2, 0) is 0 Å². The third-order valence-corrected chi connectivity index (χ3v) is 1.15. The van der Waals surface area contributed by atoms with E-state index < -0.39 is 0 Å². The molecule has 0 saturated carbocycles. The van der Waals surface area contributed by atoms with Crippen LogP contribution in [0.5, 0.6) is 5.75 Å². The molecule has 0 fully saturated rings. The quantitative estimate of drug-likeness (QED) is 0.619. The summed E-state index contributed by atoms with van der Waals surface area (Å²) >= 11 is 2.19. The van der Waals surface area contributed by atoms with Crippen LogP contribution in [0.2, 0.25) is 0 Å². The zero-order chi connectivity index (χ0) is 5.82. The minimum atomic E-state index is 0. The third kappa shape index (κ3) is 4.03. The van der Waals surface area contributed by atoms with Crippen molar-refractivity contribution in [2.24, 2.45) is 0 Å². The molecule has 54 valence electrons. The molecule has 0 aliphatic carbocycles. The van der Waals surface area contributed by atoms with Crippen LogP contribution >= 0.6 is 24.8 Å². The molecule has 0 saturated heterocycles. The molecule has 0 aliphatic heterocycles. The van der Waals surface area contributed by atoms with Gasteiger partial charge in [0.25, 0.3) is 0 Å². The molecule has 0 aliphatic rings. The van der Waals surface area contributed by atoms with Crippen LogP contribution in [0.1, 0.15) is 0 Å². The van der Waals surface area contributed by atoms with Crippen molar-refractivity contribution in [2.75, 3.05) is 0 Å². The molecule has 2 radical (unpaired) electrons. The second-order valence-electron chi connectivity index (χ2n) is 1.43. The van der Waals surface area contributed by atoms with Crippen LogP contribution in [0.15, 0.2) is 30.3 Å². The van der Waals surface area contributed by atoms with Crippen molar-refractivity contribution in [2.45, 2.75) is 0 Å². The van der Waals surface area contributed by atoms with E-state index in [-0.39, 0.29) is 24.8 Å². The molecule has 0 N–H and O–H groups in total. The lowest BCUT2D eigenvalue weighted by molar-refractivity contribution is 0.616. The second-order valence-corrected chi connectivity index (χ2v) is 1.67. The first-order valence-electron chi connectivity index (χ1n) is 2.35. The second kappa shape index (κ2) is 7.24. The Bertz CT molecular complexity index is 157. The van der Waals surface area contributed by atoms with Crippen molar-refractivity contribution in [3.63, 3.8) is 0 Å². The van der Waals surface area contributed by atoms with E-state index in [4.69, 9.17) is 3.79 Å². The van der Waals surface area contributed by atoms with E-state index >= 15 is 0 Å². The molecule has 0 unspecified atom stereocenters. The van der Waals surface area contributed by atoms with Gasteiger partial charge in [0.1, 0.15) is 0 Å². The smallest absolute Gasteiger partial charge is 0.482 e. The summed E-state index contributed by atoms with van der Waals surface area (Å²) in [6.45, 7) is 0. The van der Waals surface area contributed by atoms with Gasteiger partial charge < -0.3 is 3.79 Å². The lowest BCUT2D eigenvalue weighted by atomic mass is 10.3. The topological polar surface area (TPSA) is 9.23 Å². The van der Waals surface area contributed by atoms with Gasteiger partial charge in [-0.2, -0.15) is 0 Å². The monoisotopic (exact) mass is 192 g/mol. The van der Waals surface area contributed by atoms with Crippen molar-refractivity contribution >= 4 is 41.4 Å². The molecule has 0 aromatic heterocycles. The van der Waals surface area contributed by atoms with Crippen molar-refractivity contribution in [1.82, 2.24) is 0 Å². The zero-order valence-electron chi connectivity index (χ0n) is 5.19. The van der Waals surface area contributed by atoms with Gasteiger partial charge in [0.15, 0.2) is 0 Å². The molecule has 4 heteroatoms. The predicted octanol–water partition coefficient (Wildman–Crippen LogP) is 1.99. The van der Waals surface area contributed by atoms with Crippen molar-refractivity contribution in [3.05, 3.63) is 30.3 Å². The maximum Gasteiger partial charge on any atom is 0.482 e. The molecule has 1 rings (SSSR count). The van der Waals surface area contributed by atoms with Crippen LogP contribution in [0.25, 0.3) is 0 Å². The van der Waals surface area contributed by atoms with Gasteiger partial charge in [-0.25, -0.2) is 0 Å². The van der Waals surface area contributed by atoms with Crippen molar-refractivity contribution in [3.8, 4) is 5.75 Å². The van der Waals surface area contributed by atoms with Gasteiger partial charge in [-0.15, -0.1) is 24.8 Å². The number of para-hydroxylation sites is 1. The van der Waals surface area contributed by atoms with Gasteiger partial charge in [-0.3, -0.25) is 0 Å². The molecular formula is C6H7AlCl2O. The molecule has 1 aromatic carbocycles. The summed E-state index contributed by atoms with van der Waals surface area (Å²) in [5, 5.41) is 0. The number of halogens is 2. The van der Waals surface area contributed by atoms with Crippen LogP contribution in [0.3, 0.4) is 0 Å². The van der Waals surface area contributed by atoms with E-state index in [1.54, 1.807) is 0 Å². The molecule has 1 aromatic rings. The van der Waals surface area contributed by atoms with Gasteiger partial charge >= 0.3 is 16.6 Å². The standard InChI is InChI=1S/C6H6O.Al.2ClH/c7-6-4-2-1-3-5-6;;;/h1-5,7H;;2*1H/q;+1;;/p-1. The Hall–Kier alpha value is 0.132. The summed E-state index contributed by atoms with van der Waals surface area (Å²) in [5.41, 5.74) is 0. The van der Waals surface area contributed by atoms with E-state index in [2.05, 4.69) is 16.6 Å². The van der Waals surface area contributed by atoms with Gasteiger partial charge in [-0.1, -0.05) is 18.2 Å². The van der Waals surface area contributed by atoms with Gasteiger partial charge in [0, 0.05) is 0 Å². The molecule has 0 amide bonds. The Morgan fingerprint density at radius 1 is 1.00 bits per heavy atom. The highest BCUT2D eigenvalue weighted by Crippen LogP contribution is 2.05. The number of rotatable bonds is 1. The molecule has 0 bridgehead atoms. The Labute approximate surface area is 81.4 Å². The van der Waals surface area contributed by atoms with Crippen LogP contribution in [-0.4, -0.2) is 16.6 Å². The lowest BCUT2D eigenvalue weighted by Gasteiger charge is -1.97. The zero-order valence-corrected chi connectivity index (χ0v) is 7.98. The first-order valence-corrected chi connectivity index (χ1v) is 2.82. The van der Waals surface area contributed by atoms with Crippen LogP contribution in [0.4, 0.5) is 0 Å². The average molecular weight is 193 g/mol. The minimum Gasteiger partial charge on any atom is -0.654 e. The fraction of sp³-hybridized carbons (Fsp3) is 0. The molecule has 1 nitrogen and oxygen atoms in total. The molecule has 0 spiro atoms. The molecule has 10 heavy (non-hydrogen) atoms. The maximum atomic E-state index is 4.83. The molecule has 0 heterocycles. The normalized spacial score (nSPS) is 6.80. The van der Waals surface area contributed by atoms with Gasteiger partial charge in [0.2, 0.25) is 0 Å². The van der Waals surface area contributed by atoms with Gasteiger partial charge in [-0.05, 0) is 12.1 Å². The summed E-state index contributed by atoms with van der Waals surface area (Å²) in [5.74, 6) is 0.873. The molecule has 0 atom stereocenters. The van der Waals surface area contributed by atoms with E-state index in [1.807, 2.05) is 30.3 Å². The largest absolute Gasteiger partial charge is 0.654 e. The Morgan fingerprint density at radius 2 is 1.50 bits per heavy atom. The lowest BCUT2D eigenvalue weighted by Crippen LogP contribution is -1.81. The fourth-order valence-corrected chi connectivity index (χ4v) is 0.656. The highest BCUT2D eigenvalue weighted by Gasteiger charge is 1.79. The summed E-state index contributed by atoms with van der Waals surface area (Å²) in [7, 11) is 0. The Morgan fingerprint density at radius 3 is 1.80 bits per heavy atom. The van der Waals surface area contributed by atoms with E-state index in [0.717, 1.165) is 5.75 Å². The van der Waals surface area contributed by atoms with E-state index in [0.29, 0.717) is 0 Å². The predicted molar refractivity (Wildman–Crippen MR) is 47.3 cm³/mol. The summed E-state index contributed by atoms with van der Waals surface area (Å²) < 4.78 is 4.83. The van der Waals surface area contributed by atoms with Crippen molar-refractivity contribution < 1.29 is 3.79 Å². The van der Waals surface area contributed by atoms with E-state index in [9.17, 15) is 0 Å². The third-order valence-electron chi connectivity index (χ3n) is 0.879. The van der Waals surface area contributed by atoms with Crippen molar-refractivity contribution in [1.29, 1.82) is 0 Å². The summed E-state index contributed by atoms with van der Waals surface area (Å²) in [6.07, 6.45) is 0. The van der Waals surface area contributed by atoms with E-state index in [1.165, 1.54) is 0 Å². The Balaban J connectivity index is 0. The average Bonchev–Trinajstić information content (AvgIpc) is 1.90. The van der Waals surface area contributed by atoms with Crippen LogP contribution < -0.4 is 3.79 Å². The first kappa shape index (κ1) is 12.8. The highest BCUT2D eigenvalue weighted by molar-refractivity contribution is 5.99. The summed E-state index contributed by atoms with van der Waals surface area (Å²) in [6, 6.07) is 9.60. The highest BCUT2D eigenvalue weighted by atomic mass is 35.5. The minimum absolute atomic E-state index is 0.